The Bertz CT molecular complexity index is 853. The Morgan fingerprint density at radius 3 is 2.70 bits per heavy atom. The maximum atomic E-state index is 12.9. The molecule has 0 aliphatic carbocycles. The second kappa shape index (κ2) is 7.49. The van der Waals surface area contributed by atoms with E-state index in [0.29, 0.717) is 8.58 Å². The minimum Gasteiger partial charge on any atom is -0.496 e. The van der Waals surface area contributed by atoms with Crippen LogP contribution in [0.2, 0.25) is 0 Å². The van der Waals surface area contributed by atoms with Crippen molar-refractivity contribution in [3.63, 3.8) is 0 Å². The molecule has 2 unspecified atom stereocenters. The molecule has 1 fully saturated rings. The minimum absolute atomic E-state index is 0.0682. The van der Waals surface area contributed by atoms with Crippen molar-refractivity contribution in [1.82, 2.24) is 15.1 Å². The third-order valence-corrected chi connectivity index (χ3v) is 6.85. The molecule has 1 aromatic rings. The first-order valence-electron chi connectivity index (χ1n) is 9.38. The van der Waals surface area contributed by atoms with Gasteiger partial charge in [0, 0.05) is 38.5 Å². The lowest BCUT2D eigenvalue weighted by Gasteiger charge is -2.39. The standard InChI is InChI=1S/C21H26N3O2P/c1-14-11-21-24(13-17(14)23-8-6-22-7-9-23)20(25)12-19(27-21)16-4-5-18(26-3)15(2)10-16/h4-5,10-13,21-22,27H,6-9H2,1-3H3. The molecular formula is C21H26N3O2P. The Morgan fingerprint density at radius 1 is 1.22 bits per heavy atom. The molecule has 0 aromatic heterocycles. The van der Waals surface area contributed by atoms with Crippen LogP contribution < -0.4 is 10.1 Å². The van der Waals surface area contributed by atoms with Crippen LogP contribution in [0.25, 0.3) is 5.31 Å². The molecule has 142 valence electrons. The van der Waals surface area contributed by atoms with Crippen molar-refractivity contribution < 1.29 is 9.53 Å². The Morgan fingerprint density at radius 2 is 2.00 bits per heavy atom. The second-order valence-corrected chi connectivity index (χ2v) is 8.60. The van der Waals surface area contributed by atoms with Crippen molar-refractivity contribution in [1.29, 1.82) is 0 Å². The van der Waals surface area contributed by atoms with Crippen LogP contribution in [0, 0.1) is 6.92 Å². The van der Waals surface area contributed by atoms with Gasteiger partial charge in [0.25, 0.3) is 5.91 Å². The number of piperazine rings is 1. The number of benzene rings is 1. The lowest BCUT2D eigenvalue weighted by Crippen LogP contribution is -2.45. The average molecular weight is 383 g/mol. The van der Waals surface area contributed by atoms with Crippen LogP contribution >= 0.6 is 8.58 Å². The monoisotopic (exact) mass is 383 g/mol. The maximum absolute atomic E-state index is 12.9. The average Bonchev–Trinajstić information content (AvgIpc) is 2.68. The molecule has 1 aromatic carbocycles. The van der Waals surface area contributed by atoms with E-state index in [9.17, 15) is 4.79 Å². The van der Waals surface area contributed by atoms with Gasteiger partial charge in [-0.05, 0) is 48.0 Å². The number of fused-ring (bicyclic) bond motifs is 1. The first-order valence-corrected chi connectivity index (χ1v) is 10.5. The number of hydrogen-bond donors (Lipinski definition) is 1. The van der Waals surface area contributed by atoms with E-state index in [0.717, 1.165) is 48.4 Å². The predicted octanol–water partition coefficient (Wildman–Crippen LogP) is 2.90. The third-order valence-electron chi connectivity index (χ3n) is 5.36. The quantitative estimate of drug-likeness (QED) is 0.816. The van der Waals surface area contributed by atoms with E-state index in [2.05, 4.69) is 41.5 Å². The zero-order valence-corrected chi connectivity index (χ0v) is 17.1. The third kappa shape index (κ3) is 3.54. The van der Waals surface area contributed by atoms with Crippen LogP contribution in [-0.2, 0) is 4.79 Å². The summed E-state index contributed by atoms with van der Waals surface area (Å²) in [6.07, 6.45) is 6.13. The van der Waals surface area contributed by atoms with Gasteiger partial charge in [-0.3, -0.25) is 4.79 Å². The highest BCUT2D eigenvalue weighted by molar-refractivity contribution is 7.51. The van der Waals surface area contributed by atoms with Gasteiger partial charge in [-0.15, -0.1) is 0 Å². The van der Waals surface area contributed by atoms with E-state index in [1.807, 2.05) is 17.9 Å². The molecule has 6 heteroatoms. The van der Waals surface area contributed by atoms with Gasteiger partial charge in [-0.1, -0.05) is 20.7 Å². The number of aryl methyl sites for hydroxylation is 1. The number of amides is 1. The SMILES string of the molecule is COc1ccc(C2=CC(=O)N3C=C(N4CCNCC4)C(C)=CC3P2)cc1C. The largest absolute Gasteiger partial charge is 0.496 e. The molecule has 1 amide bonds. The topological polar surface area (TPSA) is 44.8 Å². The van der Waals surface area contributed by atoms with Crippen LogP contribution in [-0.4, -0.2) is 54.8 Å². The summed E-state index contributed by atoms with van der Waals surface area (Å²) in [5, 5.41) is 4.50. The van der Waals surface area contributed by atoms with Gasteiger partial charge in [-0.2, -0.15) is 0 Å². The molecule has 3 aliphatic heterocycles. The first kappa shape index (κ1) is 18.3. The number of carbonyl (C=O) groups excluding carboxylic acids is 1. The normalized spacial score (nSPS) is 23.6. The van der Waals surface area contributed by atoms with Crippen LogP contribution in [0.15, 0.2) is 47.8 Å². The van der Waals surface area contributed by atoms with Gasteiger partial charge in [0.2, 0.25) is 0 Å². The molecule has 1 N–H and O–H groups in total. The summed E-state index contributed by atoms with van der Waals surface area (Å²) in [6.45, 7) is 8.15. The molecule has 0 spiro atoms. The van der Waals surface area contributed by atoms with Crippen LogP contribution in [0.1, 0.15) is 18.1 Å². The zero-order valence-electron chi connectivity index (χ0n) is 16.1. The Balaban J connectivity index is 1.61. The van der Waals surface area contributed by atoms with E-state index in [-0.39, 0.29) is 11.7 Å². The smallest absolute Gasteiger partial charge is 0.252 e. The van der Waals surface area contributed by atoms with Crippen molar-refractivity contribution >= 4 is 19.8 Å². The molecule has 0 saturated carbocycles. The number of methoxy groups -OCH3 is 1. The van der Waals surface area contributed by atoms with Crippen molar-refractivity contribution in [3.8, 4) is 5.75 Å². The lowest BCUT2D eigenvalue weighted by atomic mass is 10.1. The predicted molar refractivity (Wildman–Crippen MR) is 111 cm³/mol. The molecule has 0 bridgehead atoms. The maximum Gasteiger partial charge on any atom is 0.252 e. The highest BCUT2D eigenvalue weighted by atomic mass is 31.1. The number of carbonyl (C=O) groups is 1. The van der Waals surface area contributed by atoms with Crippen molar-refractivity contribution in [2.75, 3.05) is 33.3 Å². The molecule has 2 atom stereocenters. The molecule has 0 radical (unpaired) electrons. The summed E-state index contributed by atoms with van der Waals surface area (Å²) < 4.78 is 5.36. The second-order valence-electron chi connectivity index (χ2n) is 7.18. The summed E-state index contributed by atoms with van der Waals surface area (Å²) in [4.78, 5) is 17.2. The summed E-state index contributed by atoms with van der Waals surface area (Å²) in [6, 6.07) is 6.15. The van der Waals surface area contributed by atoms with E-state index in [1.54, 1.807) is 13.2 Å². The molecule has 4 rings (SSSR count). The van der Waals surface area contributed by atoms with Crippen LogP contribution in [0.4, 0.5) is 0 Å². The van der Waals surface area contributed by atoms with Gasteiger partial charge in [-0.25, -0.2) is 0 Å². The number of rotatable bonds is 3. The van der Waals surface area contributed by atoms with Crippen LogP contribution in [0.3, 0.4) is 0 Å². The van der Waals surface area contributed by atoms with Crippen molar-refractivity contribution in [3.05, 3.63) is 58.9 Å². The number of nitrogens with one attached hydrogen (secondary N) is 1. The van der Waals surface area contributed by atoms with E-state index in [4.69, 9.17) is 4.74 Å². The summed E-state index contributed by atoms with van der Waals surface area (Å²) in [7, 11) is 2.22. The van der Waals surface area contributed by atoms with Gasteiger partial charge in [0.1, 0.15) is 5.75 Å². The van der Waals surface area contributed by atoms with Crippen molar-refractivity contribution in [2.24, 2.45) is 0 Å². The van der Waals surface area contributed by atoms with Gasteiger partial charge in [0.05, 0.1) is 18.6 Å². The van der Waals surface area contributed by atoms with Gasteiger partial charge < -0.3 is 19.9 Å². The number of allylic oxidation sites excluding steroid dienone is 1. The minimum atomic E-state index is 0.0682. The molecule has 5 nitrogen and oxygen atoms in total. The number of hydrogen-bond acceptors (Lipinski definition) is 4. The summed E-state index contributed by atoms with van der Waals surface area (Å²) in [5.41, 5.74) is 4.66. The highest BCUT2D eigenvalue weighted by Crippen LogP contribution is 2.46. The van der Waals surface area contributed by atoms with E-state index < -0.39 is 0 Å². The van der Waals surface area contributed by atoms with Crippen molar-refractivity contribution in [2.45, 2.75) is 19.6 Å². The zero-order chi connectivity index (χ0) is 19.0. The van der Waals surface area contributed by atoms with Gasteiger partial charge in [0.15, 0.2) is 0 Å². The first-order chi connectivity index (χ1) is 13.1. The summed E-state index contributed by atoms with van der Waals surface area (Å²) >= 11 is 0. The molecular weight excluding hydrogens is 357 g/mol. The molecule has 3 aliphatic rings. The summed E-state index contributed by atoms with van der Waals surface area (Å²) in [5.74, 6) is 1.06. The Hall–Kier alpha value is -2.10. The molecule has 27 heavy (non-hydrogen) atoms. The Kier molecular flexibility index (Phi) is 5.07. The fourth-order valence-electron chi connectivity index (χ4n) is 3.88. The number of ether oxygens (including phenoxy) is 1. The fourth-order valence-corrected chi connectivity index (χ4v) is 5.40. The fraction of sp³-hybridized carbons (Fsp3) is 0.381. The lowest BCUT2D eigenvalue weighted by molar-refractivity contribution is -0.123. The molecule has 3 heterocycles. The van der Waals surface area contributed by atoms with E-state index >= 15 is 0 Å². The Labute approximate surface area is 162 Å². The number of nitrogens with zero attached hydrogens (tertiary/aromatic N) is 2. The van der Waals surface area contributed by atoms with Gasteiger partial charge >= 0.3 is 0 Å². The van der Waals surface area contributed by atoms with E-state index in [1.165, 1.54) is 11.3 Å². The van der Waals surface area contributed by atoms with Crippen LogP contribution in [0.5, 0.6) is 5.75 Å². The highest BCUT2D eigenvalue weighted by Gasteiger charge is 2.31. The molecule has 1 saturated heterocycles.